The van der Waals surface area contributed by atoms with E-state index >= 15 is 0 Å². The Kier molecular flexibility index (Phi) is 6.16. The van der Waals surface area contributed by atoms with Gasteiger partial charge >= 0.3 is 5.97 Å². The van der Waals surface area contributed by atoms with Crippen LogP contribution in [0.4, 0.5) is 0 Å². The van der Waals surface area contributed by atoms with Gasteiger partial charge in [0.25, 0.3) is 5.91 Å². The summed E-state index contributed by atoms with van der Waals surface area (Å²) in [6.45, 7) is 4.06. The minimum Gasteiger partial charge on any atom is -0.467 e. The molecule has 1 aliphatic carbocycles. The van der Waals surface area contributed by atoms with Gasteiger partial charge in [-0.1, -0.05) is 37.5 Å². The average Bonchev–Trinajstić information content (AvgIpc) is 3.33. The largest absolute Gasteiger partial charge is 0.467 e. The molecule has 2 heterocycles. The van der Waals surface area contributed by atoms with E-state index < -0.39 is 12.0 Å². The number of amides is 1. The Hall–Kier alpha value is -3.02. The van der Waals surface area contributed by atoms with E-state index in [0.29, 0.717) is 18.0 Å². The number of hydrogen-bond acceptors (Lipinski definition) is 3. The molecule has 2 N–H and O–H groups in total. The number of methoxy groups -OCH3 is 1. The second kappa shape index (κ2) is 9.00. The van der Waals surface area contributed by atoms with Crippen molar-refractivity contribution in [3.05, 3.63) is 59.0 Å². The van der Waals surface area contributed by atoms with Gasteiger partial charge in [-0.25, -0.2) is 4.79 Å². The van der Waals surface area contributed by atoms with Crippen LogP contribution in [0.1, 0.15) is 65.5 Å². The first-order valence-electron chi connectivity index (χ1n) is 11.1. The third-order valence-corrected chi connectivity index (χ3v) is 6.56. The smallest absolute Gasteiger partial charge is 0.328 e. The van der Waals surface area contributed by atoms with Gasteiger partial charge in [0.15, 0.2) is 0 Å². The molecule has 1 aliphatic rings. The fourth-order valence-corrected chi connectivity index (χ4v) is 5.00. The van der Waals surface area contributed by atoms with Crippen LogP contribution in [0.25, 0.3) is 10.9 Å². The zero-order valence-corrected chi connectivity index (χ0v) is 18.5. The SMILES string of the molecule is COC(=O)[C@@H](Cc1c[nH]c2ccccc12)NC(=O)c1cc(C)n(C2CCCCC2)c1C. The summed E-state index contributed by atoms with van der Waals surface area (Å²) < 4.78 is 7.30. The molecule has 1 fully saturated rings. The number of nitrogens with zero attached hydrogens (tertiary/aromatic N) is 1. The van der Waals surface area contributed by atoms with E-state index in [1.54, 1.807) is 0 Å². The highest BCUT2D eigenvalue weighted by Gasteiger charge is 2.27. The van der Waals surface area contributed by atoms with Crippen molar-refractivity contribution in [1.29, 1.82) is 0 Å². The van der Waals surface area contributed by atoms with Gasteiger partial charge in [0.2, 0.25) is 0 Å². The van der Waals surface area contributed by atoms with E-state index in [-0.39, 0.29) is 5.91 Å². The van der Waals surface area contributed by atoms with Gasteiger partial charge in [-0.3, -0.25) is 4.79 Å². The number of fused-ring (bicyclic) bond motifs is 1. The first-order chi connectivity index (χ1) is 15.0. The van der Waals surface area contributed by atoms with Crippen molar-refractivity contribution in [2.75, 3.05) is 7.11 Å². The number of carbonyl (C=O) groups excluding carboxylic acids is 2. The lowest BCUT2D eigenvalue weighted by atomic mass is 9.95. The standard InChI is InChI=1S/C25H31N3O3/c1-16-13-21(17(2)28(16)19-9-5-4-6-10-19)24(29)27-23(25(30)31-3)14-18-15-26-22-12-8-7-11-20(18)22/h7-8,11-13,15,19,23,26H,4-6,9-10,14H2,1-3H3,(H,27,29)/t23-/m1/s1. The van der Waals surface area contributed by atoms with Crippen molar-refractivity contribution in [3.8, 4) is 0 Å². The molecule has 1 atom stereocenters. The van der Waals surface area contributed by atoms with Crippen LogP contribution < -0.4 is 5.32 Å². The van der Waals surface area contributed by atoms with E-state index in [9.17, 15) is 9.59 Å². The Bertz CT molecular complexity index is 1090. The number of H-pyrrole nitrogens is 1. The van der Waals surface area contributed by atoms with Crippen molar-refractivity contribution < 1.29 is 14.3 Å². The summed E-state index contributed by atoms with van der Waals surface area (Å²) in [7, 11) is 1.35. The lowest BCUT2D eigenvalue weighted by Crippen LogP contribution is -2.43. The average molecular weight is 422 g/mol. The third-order valence-electron chi connectivity index (χ3n) is 6.56. The predicted octanol–water partition coefficient (Wildman–Crippen LogP) is 4.61. The molecule has 0 bridgehead atoms. The summed E-state index contributed by atoms with van der Waals surface area (Å²) >= 11 is 0. The Morgan fingerprint density at radius 2 is 1.94 bits per heavy atom. The molecule has 1 saturated carbocycles. The van der Waals surface area contributed by atoms with Crippen LogP contribution in [0.5, 0.6) is 0 Å². The Morgan fingerprint density at radius 3 is 2.68 bits per heavy atom. The maximum atomic E-state index is 13.2. The molecular weight excluding hydrogens is 390 g/mol. The molecule has 0 saturated heterocycles. The minimum atomic E-state index is -0.755. The third kappa shape index (κ3) is 4.24. The summed E-state index contributed by atoms with van der Waals surface area (Å²) in [5.41, 5.74) is 4.68. The van der Waals surface area contributed by atoms with Gasteiger partial charge in [0.05, 0.1) is 12.7 Å². The number of ether oxygens (including phenoxy) is 1. The van der Waals surface area contributed by atoms with Gasteiger partial charge in [0.1, 0.15) is 6.04 Å². The topological polar surface area (TPSA) is 76.1 Å². The second-order valence-corrected chi connectivity index (χ2v) is 8.56. The molecule has 6 nitrogen and oxygen atoms in total. The molecule has 0 radical (unpaired) electrons. The van der Waals surface area contributed by atoms with Crippen LogP contribution in [0, 0.1) is 13.8 Å². The maximum Gasteiger partial charge on any atom is 0.328 e. The lowest BCUT2D eigenvalue weighted by Gasteiger charge is -2.26. The number of esters is 1. The summed E-state index contributed by atoms with van der Waals surface area (Å²) in [5, 5.41) is 3.97. The van der Waals surface area contributed by atoms with Crippen LogP contribution in [0.3, 0.4) is 0 Å². The van der Waals surface area contributed by atoms with Gasteiger partial charge in [-0.05, 0) is 44.4 Å². The summed E-state index contributed by atoms with van der Waals surface area (Å²) in [4.78, 5) is 28.9. The fourth-order valence-electron chi connectivity index (χ4n) is 5.00. The van der Waals surface area contributed by atoms with E-state index in [4.69, 9.17) is 4.74 Å². The fraction of sp³-hybridized carbons (Fsp3) is 0.440. The van der Waals surface area contributed by atoms with Crippen LogP contribution in [0.2, 0.25) is 0 Å². The van der Waals surface area contributed by atoms with Crippen LogP contribution in [-0.4, -0.2) is 34.6 Å². The number of para-hydroxylation sites is 1. The normalized spacial score (nSPS) is 15.7. The number of aromatic nitrogens is 2. The highest BCUT2D eigenvalue weighted by Crippen LogP contribution is 2.32. The molecule has 0 aliphatic heterocycles. The molecule has 0 unspecified atom stereocenters. The zero-order valence-electron chi connectivity index (χ0n) is 18.5. The van der Waals surface area contributed by atoms with Crippen molar-refractivity contribution in [2.24, 2.45) is 0 Å². The number of aromatic amines is 1. The van der Waals surface area contributed by atoms with Crippen molar-refractivity contribution >= 4 is 22.8 Å². The molecule has 0 spiro atoms. The zero-order chi connectivity index (χ0) is 22.0. The molecule has 2 aromatic heterocycles. The highest BCUT2D eigenvalue weighted by atomic mass is 16.5. The van der Waals surface area contributed by atoms with Gasteiger partial charge in [-0.15, -0.1) is 0 Å². The Balaban J connectivity index is 1.56. The molecule has 3 aromatic rings. The monoisotopic (exact) mass is 421 g/mol. The molecular formula is C25H31N3O3. The number of carbonyl (C=O) groups is 2. The van der Waals surface area contributed by atoms with Crippen molar-refractivity contribution in [3.63, 3.8) is 0 Å². The molecule has 31 heavy (non-hydrogen) atoms. The summed E-state index contributed by atoms with van der Waals surface area (Å²) in [6.07, 6.45) is 8.32. The predicted molar refractivity (Wildman–Crippen MR) is 121 cm³/mol. The van der Waals surface area contributed by atoms with E-state index in [1.807, 2.05) is 43.5 Å². The molecule has 164 valence electrons. The van der Waals surface area contributed by atoms with E-state index in [2.05, 4.69) is 21.8 Å². The van der Waals surface area contributed by atoms with Crippen molar-refractivity contribution in [1.82, 2.24) is 14.9 Å². The van der Waals surface area contributed by atoms with Crippen molar-refractivity contribution in [2.45, 2.75) is 64.5 Å². The quantitative estimate of drug-likeness (QED) is 0.571. The van der Waals surface area contributed by atoms with Crippen LogP contribution in [0.15, 0.2) is 36.5 Å². The first-order valence-corrected chi connectivity index (χ1v) is 11.1. The highest BCUT2D eigenvalue weighted by molar-refractivity contribution is 5.98. The number of benzene rings is 1. The Morgan fingerprint density at radius 1 is 1.19 bits per heavy atom. The molecule has 6 heteroatoms. The molecule has 1 amide bonds. The van der Waals surface area contributed by atoms with Gasteiger partial charge in [0, 0.05) is 41.0 Å². The maximum absolute atomic E-state index is 13.2. The van der Waals surface area contributed by atoms with E-state index in [0.717, 1.165) is 40.7 Å². The van der Waals surface area contributed by atoms with Gasteiger partial charge in [-0.2, -0.15) is 0 Å². The summed E-state index contributed by atoms with van der Waals surface area (Å²) in [6, 6.07) is 9.57. The first kappa shape index (κ1) is 21.2. The summed E-state index contributed by atoms with van der Waals surface area (Å²) in [5.74, 6) is -0.676. The number of hydrogen-bond donors (Lipinski definition) is 2. The minimum absolute atomic E-state index is 0.231. The van der Waals surface area contributed by atoms with Crippen LogP contribution >= 0.6 is 0 Å². The van der Waals surface area contributed by atoms with Crippen LogP contribution in [-0.2, 0) is 16.0 Å². The van der Waals surface area contributed by atoms with Gasteiger partial charge < -0.3 is 19.6 Å². The number of nitrogens with one attached hydrogen (secondary N) is 2. The lowest BCUT2D eigenvalue weighted by molar-refractivity contribution is -0.142. The Labute approximate surface area is 183 Å². The molecule has 4 rings (SSSR count). The number of rotatable bonds is 6. The molecule has 1 aromatic carbocycles. The van der Waals surface area contributed by atoms with E-state index in [1.165, 1.54) is 26.4 Å². The second-order valence-electron chi connectivity index (χ2n) is 8.56. The number of aryl methyl sites for hydroxylation is 1.